The lowest BCUT2D eigenvalue weighted by Gasteiger charge is -2.00. The van der Waals surface area contributed by atoms with Gasteiger partial charge in [-0.1, -0.05) is 11.6 Å². The largest absolute Gasteiger partial charge is 0.478 e. The topological polar surface area (TPSA) is 54.4 Å². The number of carboxylic acids is 1. The molecule has 0 saturated heterocycles. The maximum atomic E-state index is 13.1. The van der Waals surface area contributed by atoms with Crippen LogP contribution in [0.3, 0.4) is 0 Å². The average Bonchev–Trinajstić information content (AvgIpc) is 2.14. The third kappa shape index (κ3) is 2.89. The second kappa shape index (κ2) is 4.70. The molecule has 0 aliphatic heterocycles. The highest BCUT2D eigenvalue weighted by Gasteiger charge is 2.07. The molecule has 0 aliphatic rings. The Hall–Kier alpha value is -1.68. The molecular formula is C10H6ClFO3. The van der Waals surface area contributed by atoms with Crippen LogP contribution in [0.5, 0.6) is 0 Å². The van der Waals surface area contributed by atoms with Crippen LogP contribution in [-0.2, 0) is 4.79 Å². The zero-order chi connectivity index (χ0) is 11.4. The molecule has 1 rings (SSSR count). The van der Waals surface area contributed by atoms with Crippen LogP contribution in [0.4, 0.5) is 4.39 Å². The van der Waals surface area contributed by atoms with Gasteiger partial charge in [0, 0.05) is 6.08 Å². The van der Waals surface area contributed by atoms with Crippen LogP contribution in [0.25, 0.3) is 6.08 Å². The third-order valence-electron chi connectivity index (χ3n) is 1.64. The third-order valence-corrected chi connectivity index (χ3v) is 1.95. The summed E-state index contributed by atoms with van der Waals surface area (Å²) in [5, 5.41) is 8.30. The second-order valence-corrected chi connectivity index (χ2v) is 3.09. The molecule has 78 valence electrons. The van der Waals surface area contributed by atoms with Gasteiger partial charge in [0.15, 0.2) is 6.29 Å². The molecule has 0 saturated carbocycles. The molecule has 1 aromatic carbocycles. The van der Waals surface area contributed by atoms with E-state index in [-0.39, 0.29) is 16.1 Å². The van der Waals surface area contributed by atoms with Crippen molar-refractivity contribution in [2.24, 2.45) is 0 Å². The Morgan fingerprint density at radius 1 is 1.47 bits per heavy atom. The van der Waals surface area contributed by atoms with E-state index in [2.05, 4.69) is 0 Å². The van der Waals surface area contributed by atoms with Gasteiger partial charge in [-0.05, 0) is 23.8 Å². The molecule has 1 N–H and O–H groups in total. The van der Waals surface area contributed by atoms with Crippen molar-refractivity contribution in [1.82, 2.24) is 0 Å². The number of hydrogen-bond acceptors (Lipinski definition) is 2. The summed E-state index contributed by atoms with van der Waals surface area (Å²) in [6.07, 6.45) is 2.35. The van der Waals surface area contributed by atoms with Crippen LogP contribution in [0.1, 0.15) is 15.9 Å². The fraction of sp³-hybridized carbons (Fsp3) is 0. The average molecular weight is 229 g/mol. The van der Waals surface area contributed by atoms with Crippen molar-refractivity contribution in [3.05, 3.63) is 40.2 Å². The zero-order valence-electron chi connectivity index (χ0n) is 7.41. The van der Waals surface area contributed by atoms with Crippen LogP contribution >= 0.6 is 11.6 Å². The fourth-order valence-electron chi connectivity index (χ4n) is 0.980. The van der Waals surface area contributed by atoms with E-state index >= 15 is 0 Å². The van der Waals surface area contributed by atoms with Crippen molar-refractivity contribution in [1.29, 1.82) is 0 Å². The van der Waals surface area contributed by atoms with Crippen molar-refractivity contribution in [2.75, 3.05) is 0 Å². The summed E-state index contributed by atoms with van der Waals surface area (Å²) in [7, 11) is 0. The molecule has 0 spiro atoms. The Morgan fingerprint density at radius 2 is 2.13 bits per heavy atom. The molecule has 5 heteroatoms. The molecule has 0 unspecified atom stereocenters. The Balaban J connectivity index is 3.14. The number of carbonyl (C=O) groups excluding carboxylic acids is 1. The maximum absolute atomic E-state index is 13.1. The van der Waals surface area contributed by atoms with Crippen LogP contribution in [0.2, 0.25) is 5.02 Å². The molecule has 15 heavy (non-hydrogen) atoms. The fourth-order valence-corrected chi connectivity index (χ4v) is 1.24. The summed E-state index contributed by atoms with van der Waals surface area (Å²) >= 11 is 5.60. The molecule has 1 aromatic rings. The molecule has 0 atom stereocenters. The highest BCUT2D eigenvalue weighted by atomic mass is 35.5. The van der Waals surface area contributed by atoms with Gasteiger partial charge in [0.2, 0.25) is 0 Å². The van der Waals surface area contributed by atoms with E-state index in [1.807, 2.05) is 0 Å². The normalized spacial score (nSPS) is 10.5. The molecule has 0 radical (unpaired) electrons. The highest BCUT2D eigenvalue weighted by Crippen LogP contribution is 2.20. The van der Waals surface area contributed by atoms with E-state index in [1.165, 1.54) is 12.1 Å². The lowest BCUT2D eigenvalue weighted by molar-refractivity contribution is -0.131. The molecule has 0 amide bonds. The quantitative estimate of drug-likeness (QED) is 0.638. The summed E-state index contributed by atoms with van der Waals surface area (Å²) in [5.74, 6) is -1.92. The van der Waals surface area contributed by atoms with E-state index < -0.39 is 11.8 Å². The minimum Gasteiger partial charge on any atom is -0.478 e. The number of aliphatic carboxylic acids is 1. The van der Waals surface area contributed by atoms with E-state index in [9.17, 15) is 14.0 Å². The number of carbonyl (C=O) groups is 2. The zero-order valence-corrected chi connectivity index (χ0v) is 8.16. The number of hydrogen-bond donors (Lipinski definition) is 1. The molecule has 0 bridgehead atoms. The van der Waals surface area contributed by atoms with Crippen molar-refractivity contribution in [3.8, 4) is 0 Å². The number of halogens is 2. The Kier molecular flexibility index (Phi) is 3.57. The lowest BCUT2D eigenvalue weighted by Crippen LogP contribution is -1.91. The van der Waals surface area contributed by atoms with Crippen molar-refractivity contribution in [3.63, 3.8) is 0 Å². The van der Waals surface area contributed by atoms with Gasteiger partial charge < -0.3 is 5.11 Å². The smallest absolute Gasteiger partial charge is 0.328 e. The molecule has 0 aromatic heterocycles. The van der Waals surface area contributed by atoms with E-state index in [1.54, 1.807) is 0 Å². The number of carboxylic acid groups (broad SMARTS) is 1. The molecule has 3 nitrogen and oxygen atoms in total. The van der Waals surface area contributed by atoms with E-state index in [0.717, 1.165) is 12.1 Å². The minimum absolute atomic E-state index is 0.0463. The molecule has 0 heterocycles. The first-order valence-electron chi connectivity index (χ1n) is 3.90. The minimum atomic E-state index is -1.15. The summed E-state index contributed by atoms with van der Waals surface area (Å²) in [5.41, 5.74) is 0.0506. The van der Waals surface area contributed by atoms with Crippen LogP contribution in [0, 0.1) is 5.82 Å². The SMILES string of the molecule is O=Cc1c(F)cc(/C=C/C(=O)O)cc1Cl. The first-order valence-corrected chi connectivity index (χ1v) is 4.27. The Morgan fingerprint density at radius 3 is 2.60 bits per heavy atom. The maximum Gasteiger partial charge on any atom is 0.328 e. The van der Waals surface area contributed by atoms with Gasteiger partial charge in [-0.3, -0.25) is 4.79 Å². The van der Waals surface area contributed by atoms with Crippen LogP contribution in [-0.4, -0.2) is 17.4 Å². The van der Waals surface area contributed by atoms with Gasteiger partial charge in [-0.15, -0.1) is 0 Å². The highest BCUT2D eigenvalue weighted by molar-refractivity contribution is 6.33. The first-order chi connectivity index (χ1) is 7.04. The first kappa shape index (κ1) is 11.4. The number of benzene rings is 1. The van der Waals surface area contributed by atoms with Gasteiger partial charge in [0.25, 0.3) is 0 Å². The summed E-state index contributed by atoms with van der Waals surface area (Å²) in [6.45, 7) is 0. The van der Waals surface area contributed by atoms with Gasteiger partial charge in [-0.2, -0.15) is 0 Å². The van der Waals surface area contributed by atoms with Crippen molar-refractivity contribution in [2.45, 2.75) is 0 Å². The number of aldehydes is 1. The van der Waals surface area contributed by atoms with Crippen molar-refractivity contribution < 1.29 is 19.1 Å². The van der Waals surface area contributed by atoms with Gasteiger partial charge in [0.05, 0.1) is 10.6 Å². The second-order valence-electron chi connectivity index (χ2n) is 2.69. The molecular weight excluding hydrogens is 223 g/mol. The van der Waals surface area contributed by atoms with E-state index in [4.69, 9.17) is 16.7 Å². The van der Waals surface area contributed by atoms with E-state index in [0.29, 0.717) is 6.29 Å². The predicted molar refractivity (Wildman–Crippen MR) is 53.5 cm³/mol. The predicted octanol–water partition coefficient (Wildman–Crippen LogP) is 2.39. The van der Waals surface area contributed by atoms with Gasteiger partial charge >= 0.3 is 5.97 Å². The Labute approximate surface area is 89.8 Å². The summed E-state index contributed by atoms with van der Waals surface area (Å²) in [4.78, 5) is 20.6. The monoisotopic (exact) mass is 228 g/mol. The molecule has 0 aliphatic carbocycles. The summed E-state index contributed by atoms with van der Waals surface area (Å²) in [6, 6.07) is 2.35. The van der Waals surface area contributed by atoms with Crippen LogP contribution < -0.4 is 0 Å². The lowest BCUT2D eigenvalue weighted by atomic mass is 10.1. The standard InChI is InChI=1S/C10H6ClFO3/c11-8-3-6(1-2-10(14)15)4-9(12)7(8)5-13/h1-5H,(H,14,15)/b2-1+. The number of rotatable bonds is 3. The molecule has 0 fully saturated rings. The van der Waals surface area contributed by atoms with Crippen LogP contribution in [0.15, 0.2) is 18.2 Å². The Bertz CT molecular complexity index is 417. The van der Waals surface area contributed by atoms with Crippen molar-refractivity contribution >= 4 is 29.9 Å². The summed E-state index contributed by atoms with van der Waals surface area (Å²) < 4.78 is 13.1. The van der Waals surface area contributed by atoms with Gasteiger partial charge in [-0.25, -0.2) is 9.18 Å². The van der Waals surface area contributed by atoms with Gasteiger partial charge in [0.1, 0.15) is 5.82 Å².